The second-order valence-electron chi connectivity index (χ2n) is 20.9. The van der Waals surface area contributed by atoms with Gasteiger partial charge >= 0.3 is 36.9 Å². The van der Waals surface area contributed by atoms with Crippen LogP contribution in [0.4, 0.5) is 94.3 Å². The standard InChI is InChI=1S/C14H16F3N3O3.C14H18F3N3O.C14H20F3N3.C8H4F3NO4.C8H6F3NO2/c1-2-18-5-7-19(8-6-18)13(21)11-9-10(20(22)23)3-4-12(11)14(15,16)17;1-2-19-5-7-20(8-6-19)13(21)11-9-10(18)3-4-12(11)14(15,16)17;1-2-19-5-7-20(8-6-19)10-11-9-12(18)3-4-13(11)14(15,16)17;9-8(10,11)6-2-1-4(12(15)16)3-5(6)7(13)14;1-5-4-6(12(13)14)2-3-7(5)8(9,10)11/h3-4,9H,2,5-8H2,1H3;3-4,9H,2,5-8,18H2,1H3;3-4,9H,2,5-8,10,18H2,1H3;1-3H,(H,13,14);2-4H,1H3. The number of likely N-dealkylation sites (N-methyl/N-ethyl adjacent to an activating group) is 3. The van der Waals surface area contributed by atoms with Crippen LogP contribution >= 0.6 is 0 Å². The van der Waals surface area contributed by atoms with Gasteiger partial charge in [0, 0.05) is 133 Å². The summed E-state index contributed by atoms with van der Waals surface area (Å²) in [6, 6.07) is 12.8. The number of nitrogen functional groups attached to an aromatic ring is 2. The van der Waals surface area contributed by atoms with Gasteiger partial charge in [-0.05, 0) is 92.3 Å². The van der Waals surface area contributed by atoms with E-state index in [1.807, 2.05) is 13.8 Å². The second kappa shape index (κ2) is 32.8. The first-order valence-corrected chi connectivity index (χ1v) is 28.2. The molecule has 0 spiro atoms. The number of rotatable bonds is 11. The van der Waals surface area contributed by atoms with Gasteiger partial charge in [-0.25, -0.2) is 4.79 Å². The van der Waals surface area contributed by atoms with Gasteiger partial charge in [0.15, 0.2) is 0 Å². The van der Waals surface area contributed by atoms with Gasteiger partial charge in [-0.3, -0.25) is 44.8 Å². The summed E-state index contributed by atoms with van der Waals surface area (Å²) in [5.41, 5.74) is 3.14. The van der Waals surface area contributed by atoms with Crippen molar-refractivity contribution in [3.63, 3.8) is 0 Å². The minimum Gasteiger partial charge on any atom is -0.478 e. The molecule has 0 aliphatic carbocycles. The molecule has 516 valence electrons. The molecule has 0 aromatic heterocycles. The van der Waals surface area contributed by atoms with Gasteiger partial charge in [-0.1, -0.05) is 20.8 Å². The molecular formula is C58H64F15N11O10. The molecule has 2 amide bonds. The molecule has 3 saturated heterocycles. The summed E-state index contributed by atoms with van der Waals surface area (Å²) in [5.74, 6) is -3.29. The third-order valence-corrected chi connectivity index (χ3v) is 14.8. The second-order valence-corrected chi connectivity index (χ2v) is 20.9. The number of benzene rings is 5. The van der Waals surface area contributed by atoms with Crippen LogP contribution in [0.2, 0.25) is 0 Å². The molecule has 3 aliphatic rings. The fourth-order valence-electron chi connectivity index (χ4n) is 9.61. The number of nitrogens with two attached hydrogens (primary N) is 2. The fraction of sp³-hybridized carbons (Fsp3) is 0.431. The zero-order valence-corrected chi connectivity index (χ0v) is 50.4. The largest absolute Gasteiger partial charge is 0.478 e. The number of carboxylic acid groups (broad SMARTS) is 1. The molecule has 3 heterocycles. The van der Waals surface area contributed by atoms with Gasteiger partial charge in [0.25, 0.3) is 28.9 Å². The molecule has 8 rings (SSSR count). The number of carboxylic acids is 1. The number of halogens is 15. The Bertz CT molecular complexity index is 3450. The van der Waals surface area contributed by atoms with E-state index in [0.29, 0.717) is 101 Å². The molecular weight excluding hydrogens is 1300 g/mol. The number of nitro benzene ring substituents is 3. The molecule has 0 unspecified atom stereocenters. The van der Waals surface area contributed by atoms with Crippen molar-refractivity contribution in [3.05, 3.63) is 177 Å². The van der Waals surface area contributed by atoms with E-state index in [4.69, 9.17) is 16.6 Å². The van der Waals surface area contributed by atoms with E-state index in [2.05, 4.69) is 26.5 Å². The summed E-state index contributed by atoms with van der Waals surface area (Å²) >= 11 is 0. The van der Waals surface area contributed by atoms with Crippen LogP contribution in [0.15, 0.2) is 91.0 Å². The van der Waals surface area contributed by atoms with Crippen molar-refractivity contribution in [2.45, 2.75) is 65.1 Å². The highest BCUT2D eigenvalue weighted by atomic mass is 19.4. The Balaban J connectivity index is 0.000000253. The molecule has 5 aromatic carbocycles. The Kier molecular flexibility index (Phi) is 27.0. The molecule has 5 N–H and O–H groups in total. The highest BCUT2D eigenvalue weighted by molar-refractivity contribution is 5.97. The number of aryl methyl sites for hydroxylation is 1. The fourth-order valence-corrected chi connectivity index (χ4v) is 9.61. The maximum absolute atomic E-state index is 13.1. The number of carbonyl (C=O) groups is 3. The number of nitrogens with zero attached hydrogens (tertiary/aromatic N) is 9. The van der Waals surface area contributed by atoms with Crippen LogP contribution in [-0.2, 0) is 37.4 Å². The average molecular weight is 1360 g/mol. The Morgan fingerprint density at radius 2 is 0.702 bits per heavy atom. The van der Waals surface area contributed by atoms with Crippen LogP contribution in [0.1, 0.15) is 90.8 Å². The van der Waals surface area contributed by atoms with Gasteiger partial charge in [-0.15, -0.1) is 0 Å². The number of non-ortho nitro benzene ring substituents is 3. The summed E-state index contributed by atoms with van der Waals surface area (Å²) in [5, 5.41) is 39.8. The lowest BCUT2D eigenvalue weighted by Gasteiger charge is -2.34. The van der Waals surface area contributed by atoms with E-state index < -0.39 is 114 Å². The minimum atomic E-state index is -4.86. The monoisotopic (exact) mass is 1360 g/mol. The molecule has 36 heteroatoms. The first-order chi connectivity index (χ1) is 43.5. The van der Waals surface area contributed by atoms with Crippen LogP contribution in [-0.4, -0.2) is 165 Å². The van der Waals surface area contributed by atoms with Crippen LogP contribution < -0.4 is 11.5 Å². The Labute approximate surface area is 526 Å². The highest BCUT2D eigenvalue weighted by Crippen LogP contribution is 2.38. The Hall–Kier alpha value is -8.90. The topological polar surface area (TPSA) is 272 Å². The first-order valence-electron chi connectivity index (χ1n) is 28.2. The van der Waals surface area contributed by atoms with Gasteiger partial charge < -0.3 is 41.1 Å². The van der Waals surface area contributed by atoms with Gasteiger partial charge in [-0.2, -0.15) is 65.9 Å². The lowest BCUT2D eigenvalue weighted by molar-refractivity contribution is -0.385. The highest BCUT2D eigenvalue weighted by Gasteiger charge is 2.41. The van der Waals surface area contributed by atoms with Gasteiger partial charge in [0.05, 0.1) is 59.3 Å². The summed E-state index contributed by atoms with van der Waals surface area (Å²) in [7, 11) is 0. The number of carbonyl (C=O) groups excluding carboxylic acids is 2. The van der Waals surface area contributed by atoms with Crippen LogP contribution in [0.25, 0.3) is 0 Å². The van der Waals surface area contributed by atoms with Crippen molar-refractivity contribution in [3.8, 4) is 0 Å². The number of hydrogen-bond donors (Lipinski definition) is 3. The predicted molar refractivity (Wildman–Crippen MR) is 311 cm³/mol. The number of alkyl halides is 15. The average Bonchev–Trinajstić information content (AvgIpc) is 0.823. The Morgan fingerprint density at radius 1 is 0.415 bits per heavy atom. The number of nitro groups is 3. The maximum atomic E-state index is 13.1. The first kappa shape index (κ1) is 77.5. The molecule has 3 aliphatic heterocycles. The normalized spacial score (nSPS) is 15.4. The zero-order valence-electron chi connectivity index (χ0n) is 50.4. The van der Waals surface area contributed by atoms with Gasteiger partial charge in [0.1, 0.15) is 0 Å². The number of hydrogen-bond acceptors (Lipinski definition) is 15. The van der Waals surface area contributed by atoms with E-state index in [1.54, 1.807) is 0 Å². The van der Waals surface area contributed by atoms with Crippen molar-refractivity contribution < 1.29 is 100 Å². The third-order valence-electron chi connectivity index (χ3n) is 14.8. The van der Waals surface area contributed by atoms with Crippen LogP contribution in [0.5, 0.6) is 0 Å². The maximum Gasteiger partial charge on any atom is 0.417 e. The molecule has 5 aromatic rings. The summed E-state index contributed by atoms with van der Waals surface area (Å²) in [6.45, 7) is 17.5. The summed E-state index contributed by atoms with van der Waals surface area (Å²) < 4.78 is 191. The van der Waals surface area contributed by atoms with Crippen molar-refractivity contribution >= 4 is 46.2 Å². The molecule has 3 fully saturated rings. The molecule has 0 radical (unpaired) electrons. The minimum absolute atomic E-state index is 0.147. The van der Waals surface area contributed by atoms with E-state index in [0.717, 1.165) is 88.3 Å². The van der Waals surface area contributed by atoms with Crippen LogP contribution in [0.3, 0.4) is 0 Å². The van der Waals surface area contributed by atoms with E-state index in [1.165, 1.54) is 28.9 Å². The van der Waals surface area contributed by atoms with Crippen LogP contribution in [0, 0.1) is 37.3 Å². The van der Waals surface area contributed by atoms with E-state index >= 15 is 0 Å². The van der Waals surface area contributed by atoms with E-state index in [9.17, 15) is 111 Å². The predicted octanol–water partition coefficient (Wildman–Crippen LogP) is 12.1. The summed E-state index contributed by atoms with van der Waals surface area (Å²) in [4.78, 5) is 75.4. The molecule has 94 heavy (non-hydrogen) atoms. The quantitative estimate of drug-likeness (QED) is 0.0480. The van der Waals surface area contributed by atoms with Gasteiger partial charge in [0.2, 0.25) is 0 Å². The zero-order chi connectivity index (χ0) is 71.0. The SMILES string of the molecule is CCN1CCN(C(=O)c2cc(N)ccc2C(F)(F)F)CC1.CCN1CCN(C(=O)c2cc([N+](=O)[O-])ccc2C(F)(F)F)CC1.CCN1CCN(Cc2cc(N)ccc2C(F)(F)F)CC1.Cc1cc([N+](=O)[O-])ccc1C(F)(F)F.O=C(O)c1cc([N+](=O)[O-])ccc1C(F)(F)F. The molecule has 21 nitrogen and oxygen atoms in total. The smallest absolute Gasteiger partial charge is 0.417 e. The molecule has 0 saturated carbocycles. The summed E-state index contributed by atoms with van der Waals surface area (Å²) in [6.07, 6.45) is -23.0. The van der Waals surface area contributed by atoms with Crippen molar-refractivity contribution in [1.82, 2.24) is 29.4 Å². The van der Waals surface area contributed by atoms with Crippen molar-refractivity contribution in [1.29, 1.82) is 0 Å². The number of aromatic carboxylic acids is 1. The van der Waals surface area contributed by atoms with Crippen molar-refractivity contribution in [2.75, 3.05) is 110 Å². The third kappa shape index (κ3) is 22.4. The lowest BCUT2D eigenvalue weighted by Crippen LogP contribution is -2.48. The number of amides is 2. The lowest BCUT2D eigenvalue weighted by atomic mass is 10.0. The molecule has 0 bridgehead atoms. The molecule has 0 atom stereocenters. The number of piperazine rings is 3. The van der Waals surface area contributed by atoms with E-state index in [-0.39, 0.29) is 28.1 Å². The Morgan fingerprint density at radius 3 is 1.04 bits per heavy atom. The van der Waals surface area contributed by atoms with Crippen molar-refractivity contribution in [2.24, 2.45) is 0 Å². The number of anilines is 2.